The minimum absolute atomic E-state index is 0.568. The lowest BCUT2D eigenvalue weighted by molar-refractivity contribution is 0.0332. The molecule has 1 atom stereocenters. The molecule has 0 fully saturated rings. The van der Waals surface area contributed by atoms with Gasteiger partial charge >= 0.3 is 0 Å². The summed E-state index contributed by atoms with van der Waals surface area (Å²) in [6.07, 6.45) is 2.53. The molecule has 0 aliphatic carbocycles. The molecule has 0 aromatic carbocycles. The fourth-order valence-corrected chi connectivity index (χ4v) is 1.88. The maximum absolute atomic E-state index is 9.72. The second-order valence-electron chi connectivity index (χ2n) is 5.03. The molecule has 0 bridgehead atoms. The summed E-state index contributed by atoms with van der Waals surface area (Å²) in [7, 11) is 0. The first-order valence-electron chi connectivity index (χ1n) is 5.83. The van der Waals surface area contributed by atoms with Crippen LogP contribution in [0, 0.1) is 5.92 Å². The van der Waals surface area contributed by atoms with Crippen molar-refractivity contribution in [3.05, 3.63) is 0 Å². The largest absolute Gasteiger partial charge is 0.389 e. The van der Waals surface area contributed by atoms with E-state index in [4.69, 9.17) is 0 Å². The minimum atomic E-state index is -0.568. The highest BCUT2D eigenvalue weighted by Crippen LogP contribution is 2.10. The number of aliphatic hydroxyl groups is 1. The van der Waals surface area contributed by atoms with Gasteiger partial charge in [-0.1, -0.05) is 27.2 Å². The van der Waals surface area contributed by atoms with Gasteiger partial charge in [0.05, 0.1) is 5.60 Å². The van der Waals surface area contributed by atoms with Gasteiger partial charge in [-0.25, -0.2) is 0 Å². The molecule has 2 heteroatoms. The molecule has 86 valence electrons. The summed E-state index contributed by atoms with van der Waals surface area (Å²) in [4.78, 5) is 2.33. The standard InChI is InChI=1S/C12H27NO/c1-6-8-11(3)9-13(7-2)10-12(4,5)14/h11,14H,6-10H2,1-5H3. The Morgan fingerprint density at radius 1 is 1.29 bits per heavy atom. The average molecular weight is 201 g/mol. The number of nitrogens with zero attached hydrogens (tertiary/aromatic N) is 1. The Morgan fingerprint density at radius 2 is 1.86 bits per heavy atom. The molecule has 2 nitrogen and oxygen atoms in total. The van der Waals surface area contributed by atoms with Crippen LogP contribution in [0.25, 0.3) is 0 Å². The van der Waals surface area contributed by atoms with Crippen LogP contribution in [0.5, 0.6) is 0 Å². The number of rotatable bonds is 7. The third kappa shape index (κ3) is 7.34. The highest BCUT2D eigenvalue weighted by Gasteiger charge is 2.18. The summed E-state index contributed by atoms with van der Waals surface area (Å²) in [5.41, 5.74) is -0.568. The van der Waals surface area contributed by atoms with Crippen molar-refractivity contribution in [2.75, 3.05) is 19.6 Å². The van der Waals surface area contributed by atoms with E-state index in [2.05, 4.69) is 25.7 Å². The Bertz CT molecular complexity index is 140. The Hall–Kier alpha value is -0.0800. The van der Waals surface area contributed by atoms with Crippen molar-refractivity contribution >= 4 is 0 Å². The van der Waals surface area contributed by atoms with E-state index in [0.29, 0.717) is 0 Å². The highest BCUT2D eigenvalue weighted by molar-refractivity contribution is 4.72. The molecular formula is C12H27NO. The van der Waals surface area contributed by atoms with Gasteiger partial charge in [0, 0.05) is 13.1 Å². The normalized spacial score (nSPS) is 14.8. The van der Waals surface area contributed by atoms with Crippen LogP contribution < -0.4 is 0 Å². The van der Waals surface area contributed by atoms with Gasteiger partial charge in [-0.15, -0.1) is 0 Å². The second kappa shape index (κ2) is 6.41. The van der Waals surface area contributed by atoms with Gasteiger partial charge in [0.2, 0.25) is 0 Å². The van der Waals surface area contributed by atoms with Crippen LogP contribution in [0.2, 0.25) is 0 Å². The van der Waals surface area contributed by atoms with Crippen LogP contribution in [-0.2, 0) is 0 Å². The lowest BCUT2D eigenvalue weighted by Gasteiger charge is -2.30. The van der Waals surface area contributed by atoms with E-state index in [1.807, 2.05) is 13.8 Å². The average Bonchev–Trinajstić information content (AvgIpc) is 2.01. The van der Waals surface area contributed by atoms with Crippen molar-refractivity contribution in [2.45, 2.75) is 53.1 Å². The van der Waals surface area contributed by atoms with Gasteiger partial charge in [0.25, 0.3) is 0 Å². The van der Waals surface area contributed by atoms with Gasteiger partial charge in [-0.2, -0.15) is 0 Å². The smallest absolute Gasteiger partial charge is 0.0718 e. The Balaban J connectivity index is 3.90. The molecule has 0 aliphatic heterocycles. The minimum Gasteiger partial charge on any atom is -0.389 e. The van der Waals surface area contributed by atoms with Crippen molar-refractivity contribution in [1.29, 1.82) is 0 Å². The zero-order valence-corrected chi connectivity index (χ0v) is 10.5. The quantitative estimate of drug-likeness (QED) is 0.684. The summed E-state index contributed by atoms with van der Waals surface area (Å²) in [6.45, 7) is 13.3. The number of hydrogen-bond acceptors (Lipinski definition) is 2. The van der Waals surface area contributed by atoms with E-state index in [1.165, 1.54) is 12.8 Å². The van der Waals surface area contributed by atoms with Gasteiger partial charge in [0.15, 0.2) is 0 Å². The molecule has 0 saturated heterocycles. The van der Waals surface area contributed by atoms with Crippen LogP contribution in [0.4, 0.5) is 0 Å². The molecule has 0 saturated carbocycles. The molecule has 0 radical (unpaired) electrons. The van der Waals surface area contributed by atoms with E-state index < -0.39 is 5.60 Å². The number of hydrogen-bond donors (Lipinski definition) is 1. The monoisotopic (exact) mass is 201 g/mol. The molecule has 0 aromatic rings. The molecule has 0 aliphatic rings. The summed E-state index contributed by atoms with van der Waals surface area (Å²) in [5, 5.41) is 9.72. The Labute approximate surface area is 89.3 Å². The van der Waals surface area contributed by atoms with Gasteiger partial charge in [-0.05, 0) is 32.7 Å². The second-order valence-corrected chi connectivity index (χ2v) is 5.03. The van der Waals surface area contributed by atoms with Crippen molar-refractivity contribution in [3.8, 4) is 0 Å². The van der Waals surface area contributed by atoms with Crippen molar-refractivity contribution in [1.82, 2.24) is 4.90 Å². The van der Waals surface area contributed by atoms with Gasteiger partial charge in [-0.3, -0.25) is 0 Å². The molecule has 1 unspecified atom stereocenters. The summed E-state index contributed by atoms with van der Waals surface area (Å²) in [5.74, 6) is 0.738. The summed E-state index contributed by atoms with van der Waals surface area (Å²) < 4.78 is 0. The van der Waals surface area contributed by atoms with Gasteiger partial charge < -0.3 is 10.0 Å². The maximum Gasteiger partial charge on any atom is 0.0718 e. The zero-order chi connectivity index (χ0) is 11.2. The first-order chi connectivity index (χ1) is 6.39. The molecule has 1 N–H and O–H groups in total. The lowest BCUT2D eigenvalue weighted by Crippen LogP contribution is -2.40. The maximum atomic E-state index is 9.72. The third-order valence-electron chi connectivity index (χ3n) is 2.41. The van der Waals surface area contributed by atoms with E-state index in [0.717, 1.165) is 25.6 Å². The third-order valence-corrected chi connectivity index (χ3v) is 2.41. The van der Waals surface area contributed by atoms with E-state index in [9.17, 15) is 5.11 Å². The predicted molar refractivity (Wildman–Crippen MR) is 62.5 cm³/mol. The number of likely N-dealkylation sites (N-methyl/N-ethyl adjacent to an activating group) is 1. The predicted octanol–water partition coefficient (Wildman–Crippen LogP) is 2.52. The van der Waals surface area contributed by atoms with E-state index in [-0.39, 0.29) is 0 Å². The van der Waals surface area contributed by atoms with Crippen LogP contribution in [0.15, 0.2) is 0 Å². The molecular weight excluding hydrogens is 174 g/mol. The SMILES string of the molecule is CCCC(C)CN(CC)CC(C)(C)O. The first kappa shape index (κ1) is 13.9. The fraction of sp³-hybridized carbons (Fsp3) is 1.00. The van der Waals surface area contributed by atoms with Crippen LogP contribution >= 0.6 is 0 Å². The molecule has 0 heterocycles. The van der Waals surface area contributed by atoms with E-state index >= 15 is 0 Å². The summed E-state index contributed by atoms with van der Waals surface area (Å²) >= 11 is 0. The van der Waals surface area contributed by atoms with E-state index in [1.54, 1.807) is 0 Å². The van der Waals surface area contributed by atoms with Crippen LogP contribution in [-0.4, -0.2) is 35.2 Å². The van der Waals surface area contributed by atoms with Crippen LogP contribution in [0.3, 0.4) is 0 Å². The molecule has 0 aromatic heterocycles. The summed E-state index contributed by atoms with van der Waals surface area (Å²) in [6, 6.07) is 0. The van der Waals surface area contributed by atoms with Gasteiger partial charge in [0.1, 0.15) is 0 Å². The lowest BCUT2D eigenvalue weighted by atomic mass is 10.0. The fourth-order valence-electron chi connectivity index (χ4n) is 1.88. The Kier molecular flexibility index (Phi) is 6.38. The first-order valence-corrected chi connectivity index (χ1v) is 5.83. The molecule has 0 spiro atoms. The van der Waals surface area contributed by atoms with Crippen molar-refractivity contribution in [2.24, 2.45) is 5.92 Å². The molecule has 0 rings (SSSR count). The topological polar surface area (TPSA) is 23.5 Å². The Morgan fingerprint density at radius 3 is 2.21 bits per heavy atom. The zero-order valence-electron chi connectivity index (χ0n) is 10.5. The van der Waals surface area contributed by atoms with Crippen molar-refractivity contribution < 1.29 is 5.11 Å². The molecule has 0 amide bonds. The van der Waals surface area contributed by atoms with Crippen LogP contribution in [0.1, 0.15) is 47.5 Å². The highest BCUT2D eigenvalue weighted by atomic mass is 16.3. The van der Waals surface area contributed by atoms with Crippen molar-refractivity contribution in [3.63, 3.8) is 0 Å². The molecule has 14 heavy (non-hydrogen) atoms.